The Kier molecular flexibility index (Phi) is 5.85. The third-order valence-corrected chi connectivity index (χ3v) is 3.79. The van der Waals surface area contributed by atoms with Crippen LogP contribution in [0.1, 0.15) is 50.7 Å². The number of rotatable bonds is 6. The van der Waals surface area contributed by atoms with E-state index >= 15 is 0 Å². The second-order valence-corrected chi connectivity index (χ2v) is 6.99. The third-order valence-electron chi connectivity index (χ3n) is 3.79. The molecule has 0 spiro atoms. The van der Waals surface area contributed by atoms with Crippen LogP contribution in [0.15, 0.2) is 10.5 Å². The lowest BCUT2D eigenvalue weighted by Gasteiger charge is -2.21. The molecule has 0 saturated carbocycles. The largest absolute Gasteiger partial charge is 0.462 e. The van der Waals surface area contributed by atoms with Gasteiger partial charge in [0.25, 0.3) is 0 Å². The van der Waals surface area contributed by atoms with Crippen LogP contribution in [0.3, 0.4) is 0 Å². The summed E-state index contributed by atoms with van der Waals surface area (Å²) in [5, 5.41) is 3.45. The van der Waals surface area contributed by atoms with Crippen LogP contribution in [0, 0.1) is 12.8 Å². The van der Waals surface area contributed by atoms with Crippen molar-refractivity contribution in [1.82, 2.24) is 5.32 Å². The smallest absolute Gasteiger partial charge is 0.130 e. The molecule has 1 fully saturated rings. The van der Waals surface area contributed by atoms with E-state index in [1.165, 1.54) is 5.56 Å². The lowest BCUT2D eigenvalue weighted by molar-refractivity contribution is 0.0117. The molecule has 2 rings (SSSR count). The Morgan fingerprint density at radius 3 is 2.67 bits per heavy atom. The Morgan fingerprint density at radius 2 is 2.00 bits per heavy atom. The Bertz CT molecular complexity index is 428. The van der Waals surface area contributed by atoms with Crippen LogP contribution in [-0.2, 0) is 22.6 Å². The molecular weight excluding hydrogens is 266 g/mol. The molecule has 1 aromatic heterocycles. The van der Waals surface area contributed by atoms with Crippen LogP contribution in [0.2, 0.25) is 0 Å². The van der Waals surface area contributed by atoms with E-state index in [1.807, 2.05) is 0 Å². The average Bonchev–Trinajstić information content (AvgIpc) is 2.77. The van der Waals surface area contributed by atoms with Gasteiger partial charge in [0.2, 0.25) is 0 Å². The molecule has 1 aromatic rings. The van der Waals surface area contributed by atoms with Crippen LogP contribution < -0.4 is 5.32 Å². The van der Waals surface area contributed by atoms with Gasteiger partial charge in [-0.3, -0.25) is 0 Å². The summed E-state index contributed by atoms with van der Waals surface area (Å²) in [5.74, 6) is 2.57. The lowest BCUT2D eigenvalue weighted by Crippen LogP contribution is -2.35. The summed E-state index contributed by atoms with van der Waals surface area (Å²) < 4.78 is 17.0. The highest BCUT2D eigenvalue weighted by molar-refractivity contribution is 5.19. The minimum atomic E-state index is 0.0962. The van der Waals surface area contributed by atoms with Crippen molar-refractivity contribution in [3.63, 3.8) is 0 Å². The molecule has 0 amide bonds. The van der Waals surface area contributed by atoms with Crippen molar-refractivity contribution < 1.29 is 13.9 Å². The minimum absolute atomic E-state index is 0.0962. The van der Waals surface area contributed by atoms with E-state index in [9.17, 15) is 0 Å². The molecule has 120 valence electrons. The van der Waals surface area contributed by atoms with E-state index in [1.54, 1.807) is 0 Å². The van der Waals surface area contributed by atoms with Gasteiger partial charge >= 0.3 is 0 Å². The van der Waals surface area contributed by atoms with Gasteiger partial charge in [0, 0.05) is 18.8 Å². The molecule has 0 radical (unpaired) electrons. The SMILES string of the molecule is Cc1cc(COCC2CCOCC2)oc1CNC(C)(C)C. The first-order valence-corrected chi connectivity index (χ1v) is 7.93. The molecule has 4 nitrogen and oxygen atoms in total. The monoisotopic (exact) mass is 295 g/mol. The van der Waals surface area contributed by atoms with Gasteiger partial charge in [-0.05, 0) is 58.1 Å². The van der Waals surface area contributed by atoms with E-state index < -0.39 is 0 Å². The van der Waals surface area contributed by atoms with Crippen LogP contribution in [0.4, 0.5) is 0 Å². The van der Waals surface area contributed by atoms with Gasteiger partial charge in [-0.15, -0.1) is 0 Å². The Morgan fingerprint density at radius 1 is 1.29 bits per heavy atom. The molecule has 1 N–H and O–H groups in total. The molecule has 4 heteroatoms. The van der Waals surface area contributed by atoms with Crippen molar-refractivity contribution in [3.8, 4) is 0 Å². The molecule has 0 unspecified atom stereocenters. The molecule has 0 atom stereocenters. The van der Waals surface area contributed by atoms with E-state index in [4.69, 9.17) is 13.9 Å². The molecule has 2 heterocycles. The lowest BCUT2D eigenvalue weighted by atomic mass is 10.0. The molecule has 0 bridgehead atoms. The van der Waals surface area contributed by atoms with Crippen LogP contribution in [0.5, 0.6) is 0 Å². The molecule has 0 aliphatic carbocycles. The van der Waals surface area contributed by atoms with E-state index in [2.05, 4.69) is 39.1 Å². The number of hydrogen-bond acceptors (Lipinski definition) is 4. The highest BCUT2D eigenvalue weighted by Gasteiger charge is 2.15. The normalized spacial score (nSPS) is 17.3. The van der Waals surface area contributed by atoms with Gasteiger partial charge in [0.15, 0.2) is 0 Å². The van der Waals surface area contributed by atoms with Gasteiger partial charge in [-0.1, -0.05) is 0 Å². The average molecular weight is 295 g/mol. The summed E-state index contributed by atoms with van der Waals surface area (Å²) in [5.41, 5.74) is 1.29. The fourth-order valence-electron chi connectivity index (χ4n) is 2.42. The summed E-state index contributed by atoms with van der Waals surface area (Å²) >= 11 is 0. The highest BCUT2D eigenvalue weighted by atomic mass is 16.5. The number of nitrogens with one attached hydrogen (secondary N) is 1. The first kappa shape index (κ1) is 16.5. The number of aryl methyl sites for hydroxylation is 1. The quantitative estimate of drug-likeness (QED) is 0.873. The summed E-state index contributed by atoms with van der Waals surface area (Å²) in [6, 6.07) is 2.09. The molecule has 21 heavy (non-hydrogen) atoms. The second kappa shape index (κ2) is 7.43. The van der Waals surface area contributed by atoms with Crippen molar-refractivity contribution in [3.05, 3.63) is 23.2 Å². The van der Waals surface area contributed by atoms with Crippen molar-refractivity contribution in [1.29, 1.82) is 0 Å². The first-order valence-electron chi connectivity index (χ1n) is 7.93. The first-order chi connectivity index (χ1) is 9.94. The predicted molar refractivity (Wildman–Crippen MR) is 83.2 cm³/mol. The van der Waals surface area contributed by atoms with Crippen molar-refractivity contribution in [2.45, 2.75) is 59.2 Å². The van der Waals surface area contributed by atoms with Crippen LogP contribution >= 0.6 is 0 Å². The van der Waals surface area contributed by atoms with Crippen LogP contribution in [0.25, 0.3) is 0 Å². The van der Waals surface area contributed by atoms with Crippen molar-refractivity contribution >= 4 is 0 Å². The van der Waals surface area contributed by atoms with E-state index in [-0.39, 0.29) is 5.54 Å². The van der Waals surface area contributed by atoms with Crippen LogP contribution in [-0.4, -0.2) is 25.4 Å². The maximum Gasteiger partial charge on any atom is 0.130 e. The summed E-state index contributed by atoms with van der Waals surface area (Å²) in [4.78, 5) is 0. The zero-order chi connectivity index (χ0) is 15.3. The highest BCUT2D eigenvalue weighted by Crippen LogP contribution is 2.19. The van der Waals surface area contributed by atoms with E-state index in [0.29, 0.717) is 12.5 Å². The summed E-state index contributed by atoms with van der Waals surface area (Å²) in [7, 11) is 0. The Labute approximate surface area is 128 Å². The van der Waals surface area contributed by atoms with Crippen molar-refractivity contribution in [2.75, 3.05) is 19.8 Å². The fraction of sp³-hybridized carbons (Fsp3) is 0.765. The second-order valence-electron chi connectivity index (χ2n) is 6.99. The molecule has 1 saturated heterocycles. The Hall–Kier alpha value is -0.840. The minimum Gasteiger partial charge on any atom is -0.462 e. The maximum atomic E-state index is 5.89. The van der Waals surface area contributed by atoms with Gasteiger partial charge < -0.3 is 19.2 Å². The van der Waals surface area contributed by atoms with Crippen molar-refractivity contribution in [2.24, 2.45) is 5.92 Å². The van der Waals surface area contributed by atoms with E-state index in [0.717, 1.165) is 50.7 Å². The third kappa shape index (κ3) is 5.81. The number of hydrogen-bond donors (Lipinski definition) is 1. The maximum absolute atomic E-state index is 5.89. The number of ether oxygens (including phenoxy) is 2. The van der Waals surface area contributed by atoms with Gasteiger partial charge in [0.1, 0.15) is 18.1 Å². The topological polar surface area (TPSA) is 43.6 Å². The zero-order valence-electron chi connectivity index (χ0n) is 13.8. The van der Waals surface area contributed by atoms with Gasteiger partial charge in [-0.25, -0.2) is 0 Å². The summed E-state index contributed by atoms with van der Waals surface area (Å²) in [6.45, 7) is 12.4. The Balaban J connectivity index is 1.76. The molecular formula is C17H29NO3. The number of furan rings is 1. The van der Waals surface area contributed by atoms with Gasteiger partial charge in [-0.2, -0.15) is 0 Å². The molecule has 1 aliphatic rings. The molecule has 1 aliphatic heterocycles. The fourth-order valence-corrected chi connectivity index (χ4v) is 2.42. The predicted octanol–water partition coefficient (Wildman–Crippen LogP) is 3.42. The standard InChI is InChI=1S/C17H29NO3/c1-13-9-15(21-16(13)10-18-17(2,3)4)12-20-11-14-5-7-19-8-6-14/h9,14,18H,5-8,10-12H2,1-4H3. The molecule has 0 aromatic carbocycles. The zero-order valence-corrected chi connectivity index (χ0v) is 13.8. The summed E-state index contributed by atoms with van der Waals surface area (Å²) in [6.07, 6.45) is 2.22. The van der Waals surface area contributed by atoms with Gasteiger partial charge in [0.05, 0.1) is 13.2 Å².